The smallest absolute Gasteiger partial charge is 0.0707 e. The van der Waals surface area contributed by atoms with E-state index in [1.807, 2.05) is 19.9 Å². The Morgan fingerprint density at radius 1 is 1.27 bits per heavy atom. The molecule has 0 aromatic rings. The average Bonchev–Trinajstić information content (AvgIpc) is 2.09. The van der Waals surface area contributed by atoms with Crippen LogP contribution < -0.4 is 0 Å². The number of rotatable bonds is 1. The molecular formula is C10H18O. The van der Waals surface area contributed by atoms with Crippen molar-refractivity contribution < 1.29 is 5.11 Å². The van der Waals surface area contributed by atoms with E-state index in [0.29, 0.717) is 0 Å². The van der Waals surface area contributed by atoms with Gasteiger partial charge in [0.1, 0.15) is 0 Å². The lowest BCUT2D eigenvalue weighted by atomic mass is 9.77. The van der Waals surface area contributed by atoms with Crippen molar-refractivity contribution in [3.8, 4) is 0 Å². The van der Waals surface area contributed by atoms with Gasteiger partial charge in [-0.1, -0.05) is 19.1 Å². The van der Waals surface area contributed by atoms with Gasteiger partial charge in [-0.2, -0.15) is 0 Å². The third kappa shape index (κ3) is 1.34. The zero-order chi connectivity index (χ0) is 8.54. The SMILES string of the molecule is C/C=C/C1(C)CCCC1(C)O. The van der Waals surface area contributed by atoms with Gasteiger partial charge >= 0.3 is 0 Å². The Morgan fingerprint density at radius 2 is 1.91 bits per heavy atom. The third-order valence-electron chi connectivity index (χ3n) is 3.12. The van der Waals surface area contributed by atoms with Crippen LogP contribution in [0.25, 0.3) is 0 Å². The minimum Gasteiger partial charge on any atom is -0.389 e. The van der Waals surface area contributed by atoms with E-state index in [0.717, 1.165) is 19.3 Å². The lowest BCUT2D eigenvalue weighted by molar-refractivity contribution is -0.00934. The summed E-state index contributed by atoms with van der Waals surface area (Å²) in [5, 5.41) is 9.99. The maximum Gasteiger partial charge on any atom is 0.0707 e. The van der Waals surface area contributed by atoms with E-state index in [4.69, 9.17) is 0 Å². The van der Waals surface area contributed by atoms with Crippen molar-refractivity contribution in [2.45, 2.75) is 45.6 Å². The summed E-state index contributed by atoms with van der Waals surface area (Å²) in [6.07, 6.45) is 7.38. The zero-order valence-electron chi connectivity index (χ0n) is 7.72. The van der Waals surface area contributed by atoms with Crippen LogP contribution in [-0.2, 0) is 0 Å². The first kappa shape index (κ1) is 8.79. The third-order valence-corrected chi connectivity index (χ3v) is 3.12. The van der Waals surface area contributed by atoms with Crippen LogP contribution in [0.15, 0.2) is 12.2 Å². The highest BCUT2D eigenvalue weighted by molar-refractivity contribution is 5.09. The molecule has 2 atom stereocenters. The molecule has 1 fully saturated rings. The predicted molar refractivity (Wildman–Crippen MR) is 47.4 cm³/mol. The standard InChI is InChI=1S/C10H18O/c1-4-6-9(2)7-5-8-10(9,3)11/h4,6,11H,5,7-8H2,1-3H3/b6-4+. The van der Waals surface area contributed by atoms with Crippen molar-refractivity contribution in [3.05, 3.63) is 12.2 Å². The molecule has 1 N–H and O–H groups in total. The lowest BCUT2D eigenvalue weighted by Gasteiger charge is -2.34. The normalized spacial score (nSPS) is 45.5. The van der Waals surface area contributed by atoms with E-state index in [-0.39, 0.29) is 5.41 Å². The van der Waals surface area contributed by atoms with Gasteiger partial charge in [0.25, 0.3) is 0 Å². The fourth-order valence-corrected chi connectivity index (χ4v) is 1.99. The fraction of sp³-hybridized carbons (Fsp3) is 0.800. The molecule has 0 radical (unpaired) electrons. The minimum absolute atomic E-state index is 0.0156. The van der Waals surface area contributed by atoms with Crippen molar-refractivity contribution in [2.24, 2.45) is 5.41 Å². The average molecular weight is 154 g/mol. The summed E-state index contributed by atoms with van der Waals surface area (Å²) in [6, 6.07) is 0. The number of hydrogen-bond acceptors (Lipinski definition) is 1. The van der Waals surface area contributed by atoms with Gasteiger partial charge in [-0.05, 0) is 33.1 Å². The van der Waals surface area contributed by atoms with Crippen LogP contribution >= 0.6 is 0 Å². The van der Waals surface area contributed by atoms with Crippen molar-refractivity contribution in [1.29, 1.82) is 0 Å². The molecule has 11 heavy (non-hydrogen) atoms. The molecule has 2 unspecified atom stereocenters. The fourth-order valence-electron chi connectivity index (χ4n) is 1.99. The Kier molecular flexibility index (Phi) is 2.10. The van der Waals surface area contributed by atoms with Crippen LogP contribution in [0.3, 0.4) is 0 Å². The second-order valence-electron chi connectivity index (χ2n) is 4.04. The summed E-state index contributed by atoms with van der Waals surface area (Å²) in [6.45, 7) is 6.10. The van der Waals surface area contributed by atoms with Crippen LogP contribution in [0.4, 0.5) is 0 Å². The summed E-state index contributed by atoms with van der Waals surface area (Å²) in [4.78, 5) is 0. The molecular weight excluding hydrogens is 136 g/mol. The van der Waals surface area contributed by atoms with Crippen LogP contribution in [0.1, 0.15) is 40.0 Å². The monoisotopic (exact) mass is 154 g/mol. The van der Waals surface area contributed by atoms with Crippen LogP contribution in [0.5, 0.6) is 0 Å². The van der Waals surface area contributed by atoms with E-state index in [1.54, 1.807) is 0 Å². The quantitative estimate of drug-likeness (QED) is 0.575. The maximum atomic E-state index is 9.99. The maximum absolute atomic E-state index is 9.99. The van der Waals surface area contributed by atoms with Gasteiger partial charge in [-0.3, -0.25) is 0 Å². The van der Waals surface area contributed by atoms with Gasteiger partial charge in [-0.25, -0.2) is 0 Å². The molecule has 0 bridgehead atoms. The molecule has 1 nitrogen and oxygen atoms in total. The molecule has 64 valence electrons. The first-order valence-corrected chi connectivity index (χ1v) is 4.38. The molecule has 0 heterocycles. The summed E-state index contributed by atoms with van der Waals surface area (Å²) < 4.78 is 0. The van der Waals surface area contributed by atoms with Crippen LogP contribution in [0, 0.1) is 5.41 Å². The molecule has 0 aromatic heterocycles. The molecule has 0 aliphatic heterocycles. The summed E-state index contributed by atoms with van der Waals surface area (Å²) in [5.74, 6) is 0. The molecule has 1 rings (SSSR count). The molecule has 0 aromatic carbocycles. The first-order valence-electron chi connectivity index (χ1n) is 4.38. The Balaban J connectivity index is 2.84. The number of aliphatic hydroxyl groups is 1. The van der Waals surface area contributed by atoms with Gasteiger partial charge in [0.15, 0.2) is 0 Å². The Morgan fingerprint density at radius 3 is 2.27 bits per heavy atom. The predicted octanol–water partition coefficient (Wildman–Crippen LogP) is 2.50. The van der Waals surface area contributed by atoms with Gasteiger partial charge in [0.2, 0.25) is 0 Å². The van der Waals surface area contributed by atoms with Gasteiger partial charge < -0.3 is 5.11 Å². The first-order chi connectivity index (χ1) is 5.02. The topological polar surface area (TPSA) is 20.2 Å². The molecule has 1 aliphatic rings. The Labute approximate surface area is 69.1 Å². The summed E-state index contributed by atoms with van der Waals surface area (Å²) >= 11 is 0. The van der Waals surface area contributed by atoms with Crippen molar-refractivity contribution >= 4 is 0 Å². The molecule has 1 saturated carbocycles. The summed E-state index contributed by atoms with van der Waals surface area (Å²) in [7, 11) is 0. The second kappa shape index (κ2) is 2.63. The number of hydrogen-bond donors (Lipinski definition) is 1. The molecule has 1 heteroatoms. The lowest BCUT2D eigenvalue weighted by Crippen LogP contribution is -2.37. The van der Waals surface area contributed by atoms with E-state index in [1.165, 1.54) is 0 Å². The zero-order valence-corrected chi connectivity index (χ0v) is 7.72. The van der Waals surface area contributed by atoms with Gasteiger partial charge in [0.05, 0.1) is 5.60 Å². The minimum atomic E-state index is -0.487. The highest BCUT2D eigenvalue weighted by Gasteiger charge is 2.44. The summed E-state index contributed by atoms with van der Waals surface area (Å²) in [5.41, 5.74) is -0.471. The van der Waals surface area contributed by atoms with E-state index in [2.05, 4.69) is 13.0 Å². The Hall–Kier alpha value is -0.300. The highest BCUT2D eigenvalue weighted by atomic mass is 16.3. The van der Waals surface area contributed by atoms with E-state index < -0.39 is 5.60 Å². The van der Waals surface area contributed by atoms with E-state index in [9.17, 15) is 5.11 Å². The molecule has 0 amide bonds. The van der Waals surface area contributed by atoms with Gasteiger partial charge in [0, 0.05) is 5.41 Å². The van der Waals surface area contributed by atoms with Crippen LogP contribution in [-0.4, -0.2) is 10.7 Å². The van der Waals surface area contributed by atoms with Crippen LogP contribution in [0.2, 0.25) is 0 Å². The second-order valence-corrected chi connectivity index (χ2v) is 4.04. The molecule has 0 spiro atoms. The van der Waals surface area contributed by atoms with Crippen molar-refractivity contribution in [1.82, 2.24) is 0 Å². The number of allylic oxidation sites excluding steroid dienone is 1. The van der Waals surface area contributed by atoms with Gasteiger partial charge in [-0.15, -0.1) is 0 Å². The molecule has 1 aliphatic carbocycles. The highest BCUT2D eigenvalue weighted by Crippen LogP contribution is 2.46. The molecule has 0 saturated heterocycles. The van der Waals surface area contributed by atoms with Crippen molar-refractivity contribution in [3.63, 3.8) is 0 Å². The largest absolute Gasteiger partial charge is 0.389 e. The Bertz CT molecular complexity index is 170. The van der Waals surface area contributed by atoms with Crippen molar-refractivity contribution in [2.75, 3.05) is 0 Å². The van der Waals surface area contributed by atoms with E-state index >= 15 is 0 Å².